The molecular formula is C27H28N4O2. The van der Waals surface area contributed by atoms with Crippen LogP contribution < -0.4 is 5.32 Å². The molecule has 1 aromatic heterocycles. The van der Waals surface area contributed by atoms with E-state index in [1.54, 1.807) is 11.9 Å². The molecule has 0 radical (unpaired) electrons. The van der Waals surface area contributed by atoms with Crippen molar-refractivity contribution in [1.29, 1.82) is 0 Å². The number of benzene rings is 3. The topological polar surface area (TPSA) is 67.2 Å². The molecule has 0 bridgehead atoms. The minimum atomic E-state index is -0.169. The van der Waals surface area contributed by atoms with Crippen LogP contribution in [0.1, 0.15) is 22.5 Å². The van der Waals surface area contributed by atoms with Gasteiger partial charge in [-0.3, -0.25) is 9.59 Å². The SMILES string of the molecule is Cc1nn(-c2ccccc2)c(C)c1CN(C)C(=O)CNC(=O)Cc1cccc2ccccc12. The highest BCUT2D eigenvalue weighted by molar-refractivity contribution is 5.91. The second-order valence-corrected chi connectivity index (χ2v) is 8.24. The third kappa shape index (κ3) is 4.95. The van der Waals surface area contributed by atoms with Crippen LogP contribution in [0.4, 0.5) is 0 Å². The fourth-order valence-electron chi connectivity index (χ4n) is 4.04. The van der Waals surface area contributed by atoms with Gasteiger partial charge >= 0.3 is 0 Å². The Morgan fingerprint density at radius 1 is 0.939 bits per heavy atom. The number of aromatic nitrogens is 2. The van der Waals surface area contributed by atoms with Crippen molar-refractivity contribution < 1.29 is 9.59 Å². The van der Waals surface area contributed by atoms with Crippen LogP contribution in [-0.2, 0) is 22.6 Å². The maximum Gasteiger partial charge on any atom is 0.242 e. The molecule has 2 amide bonds. The molecule has 0 unspecified atom stereocenters. The average molecular weight is 441 g/mol. The van der Waals surface area contributed by atoms with Gasteiger partial charge in [-0.2, -0.15) is 5.10 Å². The van der Waals surface area contributed by atoms with Crippen LogP contribution in [0.15, 0.2) is 72.8 Å². The van der Waals surface area contributed by atoms with Gasteiger partial charge in [-0.1, -0.05) is 60.7 Å². The van der Waals surface area contributed by atoms with Crippen molar-refractivity contribution in [1.82, 2.24) is 20.0 Å². The Morgan fingerprint density at radius 3 is 2.42 bits per heavy atom. The summed E-state index contributed by atoms with van der Waals surface area (Å²) in [4.78, 5) is 26.8. The molecule has 0 saturated heterocycles. The van der Waals surface area contributed by atoms with Crippen molar-refractivity contribution >= 4 is 22.6 Å². The summed E-state index contributed by atoms with van der Waals surface area (Å²) >= 11 is 0. The summed E-state index contributed by atoms with van der Waals surface area (Å²) in [6.45, 7) is 4.35. The molecule has 0 fully saturated rings. The van der Waals surface area contributed by atoms with Crippen LogP contribution >= 0.6 is 0 Å². The van der Waals surface area contributed by atoms with E-state index in [0.29, 0.717) is 6.54 Å². The Balaban J connectivity index is 1.36. The molecule has 0 aliphatic heterocycles. The highest BCUT2D eigenvalue weighted by Gasteiger charge is 2.18. The van der Waals surface area contributed by atoms with Gasteiger partial charge < -0.3 is 10.2 Å². The minimum Gasteiger partial charge on any atom is -0.347 e. The summed E-state index contributed by atoms with van der Waals surface area (Å²) in [5.41, 5.74) is 4.83. The molecule has 4 rings (SSSR count). The van der Waals surface area contributed by atoms with Crippen LogP contribution in [0, 0.1) is 13.8 Å². The molecule has 0 aliphatic carbocycles. The molecule has 33 heavy (non-hydrogen) atoms. The standard InChI is InChI=1S/C27H28N4O2/c1-19-25(20(2)31(29-19)23-13-5-4-6-14-23)18-30(3)27(33)17-28-26(32)16-22-12-9-11-21-10-7-8-15-24(21)22/h4-15H,16-18H2,1-3H3,(H,28,32). The van der Waals surface area contributed by atoms with Crippen molar-refractivity contribution in [3.8, 4) is 5.69 Å². The van der Waals surface area contributed by atoms with Crippen molar-refractivity contribution in [2.24, 2.45) is 0 Å². The predicted molar refractivity (Wildman–Crippen MR) is 130 cm³/mol. The number of rotatable bonds is 7. The number of hydrogen-bond donors (Lipinski definition) is 1. The number of carbonyl (C=O) groups is 2. The summed E-state index contributed by atoms with van der Waals surface area (Å²) in [6.07, 6.45) is 0.237. The van der Waals surface area contributed by atoms with E-state index in [4.69, 9.17) is 0 Å². The average Bonchev–Trinajstić information content (AvgIpc) is 3.11. The zero-order valence-electron chi connectivity index (χ0n) is 19.2. The van der Waals surface area contributed by atoms with Crippen LogP contribution in [-0.4, -0.2) is 40.1 Å². The molecule has 0 aliphatic rings. The van der Waals surface area contributed by atoms with Crippen LogP contribution in [0.5, 0.6) is 0 Å². The van der Waals surface area contributed by atoms with Crippen LogP contribution in [0.25, 0.3) is 16.5 Å². The van der Waals surface area contributed by atoms with Crippen molar-refractivity contribution in [2.75, 3.05) is 13.6 Å². The lowest BCUT2D eigenvalue weighted by Crippen LogP contribution is -2.38. The highest BCUT2D eigenvalue weighted by Crippen LogP contribution is 2.20. The first-order chi connectivity index (χ1) is 15.9. The molecule has 0 spiro atoms. The lowest BCUT2D eigenvalue weighted by molar-refractivity contribution is -0.132. The largest absolute Gasteiger partial charge is 0.347 e. The Kier molecular flexibility index (Phi) is 6.54. The maximum absolute atomic E-state index is 12.7. The molecule has 6 nitrogen and oxygen atoms in total. The summed E-state index contributed by atoms with van der Waals surface area (Å²) in [7, 11) is 1.75. The molecule has 1 N–H and O–H groups in total. The molecule has 1 heterocycles. The summed E-state index contributed by atoms with van der Waals surface area (Å²) in [5, 5.41) is 9.57. The summed E-state index contributed by atoms with van der Waals surface area (Å²) in [6, 6.07) is 23.8. The molecule has 0 saturated carbocycles. The lowest BCUT2D eigenvalue weighted by Gasteiger charge is -2.18. The molecule has 0 atom stereocenters. The fourth-order valence-corrected chi connectivity index (χ4v) is 4.04. The number of likely N-dealkylation sites (N-methyl/N-ethyl adjacent to an activating group) is 1. The van der Waals surface area contributed by atoms with Gasteiger partial charge in [0.05, 0.1) is 24.3 Å². The minimum absolute atomic E-state index is 0.0367. The maximum atomic E-state index is 12.7. The van der Waals surface area contributed by atoms with Gasteiger partial charge in [-0.15, -0.1) is 0 Å². The second-order valence-electron chi connectivity index (χ2n) is 8.24. The number of nitrogens with zero attached hydrogens (tertiary/aromatic N) is 3. The third-order valence-electron chi connectivity index (χ3n) is 5.93. The smallest absolute Gasteiger partial charge is 0.242 e. The van der Waals surface area contributed by atoms with E-state index in [-0.39, 0.29) is 24.8 Å². The molecule has 4 aromatic rings. The number of nitrogens with one attached hydrogen (secondary N) is 1. The van der Waals surface area contributed by atoms with Gasteiger partial charge in [0.15, 0.2) is 0 Å². The van der Waals surface area contributed by atoms with E-state index in [2.05, 4.69) is 10.4 Å². The summed E-state index contributed by atoms with van der Waals surface area (Å²) < 4.78 is 1.90. The molecule has 168 valence electrons. The van der Waals surface area contributed by atoms with E-state index in [1.807, 2.05) is 91.3 Å². The van der Waals surface area contributed by atoms with Gasteiger partial charge in [0.2, 0.25) is 11.8 Å². The molecule has 6 heteroatoms. The first-order valence-electron chi connectivity index (χ1n) is 11.0. The number of para-hydroxylation sites is 1. The first kappa shape index (κ1) is 22.3. The van der Waals surface area contributed by atoms with Gasteiger partial charge in [0.25, 0.3) is 0 Å². The normalized spacial score (nSPS) is 10.9. The predicted octanol–water partition coefficient (Wildman–Crippen LogP) is 3.96. The number of carbonyl (C=O) groups excluding carboxylic acids is 2. The van der Waals surface area contributed by atoms with Gasteiger partial charge in [-0.25, -0.2) is 4.68 Å². The van der Waals surface area contributed by atoms with E-state index < -0.39 is 0 Å². The highest BCUT2D eigenvalue weighted by atomic mass is 16.2. The Morgan fingerprint density at radius 2 is 1.64 bits per heavy atom. The fraction of sp³-hybridized carbons (Fsp3) is 0.222. The molecular weight excluding hydrogens is 412 g/mol. The number of amides is 2. The van der Waals surface area contributed by atoms with Gasteiger partial charge in [-0.05, 0) is 42.3 Å². The van der Waals surface area contributed by atoms with E-state index >= 15 is 0 Å². The molecule has 3 aromatic carbocycles. The quantitative estimate of drug-likeness (QED) is 0.473. The number of fused-ring (bicyclic) bond motifs is 1. The van der Waals surface area contributed by atoms with Gasteiger partial charge in [0.1, 0.15) is 0 Å². The van der Waals surface area contributed by atoms with Crippen molar-refractivity contribution in [3.05, 3.63) is 95.3 Å². The van der Waals surface area contributed by atoms with Gasteiger partial charge in [0, 0.05) is 24.8 Å². The van der Waals surface area contributed by atoms with Crippen LogP contribution in [0.2, 0.25) is 0 Å². The summed E-state index contributed by atoms with van der Waals surface area (Å²) in [5.74, 6) is -0.315. The Hall–Kier alpha value is -3.93. The van der Waals surface area contributed by atoms with E-state index in [1.165, 1.54) is 0 Å². The van der Waals surface area contributed by atoms with Crippen molar-refractivity contribution in [2.45, 2.75) is 26.8 Å². The Labute approximate surface area is 193 Å². The number of aryl methyl sites for hydroxylation is 1. The lowest BCUT2D eigenvalue weighted by atomic mass is 10.0. The van der Waals surface area contributed by atoms with Crippen LogP contribution in [0.3, 0.4) is 0 Å². The zero-order chi connectivity index (χ0) is 23.4. The van der Waals surface area contributed by atoms with E-state index in [0.717, 1.165) is 39.0 Å². The number of hydrogen-bond acceptors (Lipinski definition) is 3. The van der Waals surface area contributed by atoms with E-state index in [9.17, 15) is 9.59 Å². The second kappa shape index (κ2) is 9.69. The first-order valence-corrected chi connectivity index (χ1v) is 11.0. The Bertz CT molecular complexity index is 1290. The monoisotopic (exact) mass is 440 g/mol. The third-order valence-corrected chi connectivity index (χ3v) is 5.93. The van der Waals surface area contributed by atoms with Crippen molar-refractivity contribution in [3.63, 3.8) is 0 Å². The zero-order valence-corrected chi connectivity index (χ0v) is 19.2.